The number of amides is 1. The molecule has 0 aliphatic carbocycles. The Bertz CT molecular complexity index is 1470. The van der Waals surface area contributed by atoms with Gasteiger partial charge in [-0.15, -0.1) is 0 Å². The first-order chi connectivity index (χ1) is 18.1. The third-order valence-corrected chi connectivity index (χ3v) is 11.2. The highest BCUT2D eigenvalue weighted by Gasteiger charge is 2.40. The van der Waals surface area contributed by atoms with E-state index in [-0.39, 0.29) is 29.7 Å². The molecule has 5 rings (SSSR count). The van der Waals surface area contributed by atoms with E-state index in [1.165, 1.54) is 26.5 Å². The van der Waals surface area contributed by atoms with Gasteiger partial charge in [0.1, 0.15) is 12.4 Å². The van der Waals surface area contributed by atoms with Crippen molar-refractivity contribution in [2.45, 2.75) is 50.0 Å². The zero-order chi connectivity index (χ0) is 27.1. The summed E-state index contributed by atoms with van der Waals surface area (Å²) in [4.78, 5) is 27.2. The second kappa shape index (κ2) is 10.1. The van der Waals surface area contributed by atoms with Crippen molar-refractivity contribution in [2.24, 2.45) is 0 Å². The molecule has 0 spiro atoms. The molecule has 0 bridgehead atoms. The van der Waals surface area contributed by atoms with Gasteiger partial charge >= 0.3 is 0 Å². The van der Waals surface area contributed by atoms with Crippen LogP contribution < -0.4 is 14.8 Å². The maximum atomic E-state index is 13.6. The maximum absolute atomic E-state index is 13.6. The molecule has 38 heavy (non-hydrogen) atoms. The largest absolute Gasteiger partial charge is 0.492 e. The number of hydrogen-bond donors (Lipinski definition) is 0. The fourth-order valence-corrected chi connectivity index (χ4v) is 7.90. The van der Waals surface area contributed by atoms with Crippen LogP contribution in [0.15, 0.2) is 77.7 Å². The highest BCUT2D eigenvalue weighted by molar-refractivity contribution is 7.89. The molecular formula is C29H32N2O5SSi. The Morgan fingerprint density at radius 1 is 0.947 bits per heavy atom. The first-order valence-electron chi connectivity index (χ1n) is 12.8. The molecule has 0 saturated carbocycles. The predicted octanol–water partition coefficient (Wildman–Crippen LogP) is 4.19. The minimum atomic E-state index is -3.87. The molecule has 1 amide bonds. The fourth-order valence-electron chi connectivity index (χ4n) is 5.03. The fraction of sp³-hybridized carbons (Fsp3) is 0.310. The van der Waals surface area contributed by atoms with Crippen LogP contribution in [0.2, 0.25) is 19.6 Å². The van der Waals surface area contributed by atoms with Crippen LogP contribution in [0, 0.1) is 0 Å². The summed E-state index contributed by atoms with van der Waals surface area (Å²) >= 11 is 0. The van der Waals surface area contributed by atoms with Crippen molar-refractivity contribution in [2.75, 3.05) is 18.1 Å². The van der Waals surface area contributed by atoms with Crippen molar-refractivity contribution >= 4 is 40.7 Å². The Hall–Kier alpha value is -3.27. The first kappa shape index (κ1) is 26.3. The molecule has 2 aliphatic rings. The smallest absolute Gasteiger partial charge is 0.299 e. The lowest BCUT2D eigenvalue weighted by molar-refractivity contribution is -0.114. The van der Waals surface area contributed by atoms with Crippen molar-refractivity contribution in [1.82, 2.24) is 4.31 Å². The second-order valence-electron chi connectivity index (χ2n) is 10.9. The number of carbonyl (C=O) groups is 2. The van der Waals surface area contributed by atoms with Crippen LogP contribution in [0.1, 0.15) is 28.8 Å². The van der Waals surface area contributed by atoms with Gasteiger partial charge in [0.25, 0.3) is 11.7 Å². The summed E-state index contributed by atoms with van der Waals surface area (Å²) in [6.07, 6.45) is 1.42. The Balaban J connectivity index is 1.36. The molecule has 9 heteroatoms. The van der Waals surface area contributed by atoms with E-state index in [4.69, 9.17) is 4.74 Å². The summed E-state index contributed by atoms with van der Waals surface area (Å²) in [6, 6.07) is 21.6. The number of fused-ring (bicyclic) bond motifs is 1. The van der Waals surface area contributed by atoms with Gasteiger partial charge in [-0.05, 0) is 48.7 Å². The quantitative estimate of drug-likeness (QED) is 0.311. The van der Waals surface area contributed by atoms with Crippen LogP contribution >= 0.6 is 0 Å². The minimum Gasteiger partial charge on any atom is -0.492 e. The van der Waals surface area contributed by atoms with Crippen LogP contribution in [-0.4, -0.2) is 51.7 Å². The molecule has 0 unspecified atom stereocenters. The number of anilines is 1. The maximum Gasteiger partial charge on any atom is 0.299 e. The van der Waals surface area contributed by atoms with E-state index in [1.807, 2.05) is 42.5 Å². The molecule has 7 nitrogen and oxygen atoms in total. The molecule has 1 fully saturated rings. The summed E-state index contributed by atoms with van der Waals surface area (Å²) in [7, 11) is -5.32. The monoisotopic (exact) mass is 548 g/mol. The molecule has 0 aromatic heterocycles. The van der Waals surface area contributed by atoms with Gasteiger partial charge in [-0.3, -0.25) is 9.59 Å². The van der Waals surface area contributed by atoms with Crippen LogP contribution in [0.3, 0.4) is 0 Å². The number of nitrogens with zero attached hydrogens (tertiary/aromatic N) is 2. The highest BCUT2D eigenvalue weighted by Crippen LogP contribution is 2.34. The van der Waals surface area contributed by atoms with Gasteiger partial charge in [0, 0.05) is 6.54 Å². The lowest BCUT2D eigenvalue weighted by atomic mass is 10.1. The molecule has 1 atom stereocenters. The standard InChI is InChI=1S/C29H32N2O5SSi/c1-38(2,3)25-14-11-21(12-15-25)19-30-27-16-13-24(18-26(27)28(32)29(30)33)37(34,35)31-17-7-8-22(31)20-36-23-9-5-4-6-10-23/h4-6,9-16,18,22H,7-8,17,19-20H2,1-3H3/t22-/m0/s1. The predicted molar refractivity (Wildman–Crippen MR) is 150 cm³/mol. The van der Waals surface area contributed by atoms with Crippen molar-refractivity contribution in [3.8, 4) is 5.75 Å². The van der Waals surface area contributed by atoms with E-state index in [2.05, 4.69) is 31.8 Å². The van der Waals surface area contributed by atoms with E-state index in [0.717, 1.165) is 12.0 Å². The zero-order valence-electron chi connectivity index (χ0n) is 21.9. The van der Waals surface area contributed by atoms with Crippen molar-refractivity contribution < 1.29 is 22.7 Å². The Morgan fingerprint density at radius 2 is 1.66 bits per heavy atom. The van der Waals surface area contributed by atoms with Gasteiger partial charge in [-0.2, -0.15) is 4.31 Å². The molecule has 2 heterocycles. The lowest BCUT2D eigenvalue weighted by Gasteiger charge is -2.24. The summed E-state index contributed by atoms with van der Waals surface area (Å²) in [5.41, 5.74) is 1.49. The molecule has 3 aromatic carbocycles. The summed E-state index contributed by atoms with van der Waals surface area (Å²) in [6.45, 7) is 7.69. The number of para-hydroxylation sites is 1. The normalized spacial score (nSPS) is 18.2. The van der Waals surface area contributed by atoms with Gasteiger partial charge in [0.05, 0.1) is 36.8 Å². The summed E-state index contributed by atoms with van der Waals surface area (Å²) in [5, 5.41) is 1.31. The van der Waals surface area contributed by atoms with Gasteiger partial charge in [-0.25, -0.2) is 8.42 Å². The third-order valence-electron chi connectivity index (χ3n) is 7.22. The third kappa shape index (κ3) is 5.06. The van der Waals surface area contributed by atoms with E-state index in [1.54, 1.807) is 6.07 Å². The Labute approximate surface area is 225 Å². The van der Waals surface area contributed by atoms with Crippen LogP contribution in [-0.2, 0) is 21.4 Å². The number of carbonyl (C=O) groups excluding carboxylic acids is 2. The lowest BCUT2D eigenvalue weighted by Crippen LogP contribution is -2.39. The molecular weight excluding hydrogens is 516 g/mol. The van der Waals surface area contributed by atoms with E-state index in [0.29, 0.717) is 24.4 Å². The number of hydrogen-bond acceptors (Lipinski definition) is 5. The molecule has 0 N–H and O–H groups in total. The first-order valence-corrected chi connectivity index (χ1v) is 17.8. The average molecular weight is 549 g/mol. The highest BCUT2D eigenvalue weighted by atomic mass is 32.2. The number of ketones is 1. The molecule has 2 aliphatic heterocycles. The number of Topliss-reactive ketones (excluding diaryl/α,β-unsaturated/α-hetero) is 1. The second-order valence-corrected chi connectivity index (χ2v) is 17.9. The van der Waals surface area contributed by atoms with Crippen molar-refractivity contribution in [1.29, 1.82) is 0 Å². The molecule has 0 radical (unpaired) electrons. The van der Waals surface area contributed by atoms with Crippen LogP contribution in [0.4, 0.5) is 5.69 Å². The van der Waals surface area contributed by atoms with Gasteiger partial charge in [-0.1, -0.05) is 67.3 Å². The van der Waals surface area contributed by atoms with Gasteiger partial charge < -0.3 is 9.64 Å². The van der Waals surface area contributed by atoms with Gasteiger partial charge in [0.15, 0.2) is 0 Å². The number of ether oxygens (including phenoxy) is 1. The number of sulfonamides is 1. The molecule has 198 valence electrons. The SMILES string of the molecule is C[Si](C)(C)c1ccc(CN2C(=O)C(=O)c3cc(S(=O)(=O)N4CCC[C@H]4COc4ccccc4)ccc32)cc1. The number of benzene rings is 3. The van der Waals surface area contributed by atoms with Crippen molar-refractivity contribution in [3.63, 3.8) is 0 Å². The van der Waals surface area contributed by atoms with Crippen LogP contribution in [0.5, 0.6) is 5.75 Å². The summed E-state index contributed by atoms with van der Waals surface area (Å²) < 4.78 is 34.5. The van der Waals surface area contributed by atoms with Crippen molar-refractivity contribution in [3.05, 3.63) is 83.9 Å². The average Bonchev–Trinajstić information content (AvgIpc) is 3.47. The van der Waals surface area contributed by atoms with E-state index < -0.39 is 29.8 Å². The minimum absolute atomic E-state index is 0.0188. The summed E-state index contributed by atoms with van der Waals surface area (Å²) in [5.74, 6) is -0.631. The molecule has 1 saturated heterocycles. The topological polar surface area (TPSA) is 84.0 Å². The number of rotatable bonds is 8. The van der Waals surface area contributed by atoms with Crippen LogP contribution in [0.25, 0.3) is 0 Å². The Morgan fingerprint density at radius 3 is 2.34 bits per heavy atom. The van der Waals surface area contributed by atoms with E-state index in [9.17, 15) is 18.0 Å². The Kier molecular flexibility index (Phi) is 7.02. The van der Waals surface area contributed by atoms with Gasteiger partial charge in [0.2, 0.25) is 10.0 Å². The molecule has 3 aromatic rings. The van der Waals surface area contributed by atoms with E-state index >= 15 is 0 Å². The zero-order valence-corrected chi connectivity index (χ0v) is 23.7.